The fourth-order valence-corrected chi connectivity index (χ4v) is 3.29. The van der Waals surface area contributed by atoms with Gasteiger partial charge in [0.2, 0.25) is 0 Å². The molecule has 0 radical (unpaired) electrons. The van der Waals surface area contributed by atoms with Gasteiger partial charge < -0.3 is 4.74 Å². The molecule has 5 nitrogen and oxygen atoms in total. The first kappa shape index (κ1) is 18.8. The molecule has 2 atom stereocenters. The molecule has 0 amide bonds. The molecule has 1 aromatic carbocycles. The summed E-state index contributed by atoms with van der Waals surface area (Å²) in [6.07, 6.45) is 1.61. The molecule has 0 aromatic heterocycles. The fourth-order valence-electron chi connectivity index (χ4n) is 3.29. The Morgan fingerprint density at radius 3 is 2.32 bits per heavy atom. The lowest BCUT2D eigenvalue weighted by molar-refractivity contribution is -0.161. The first-order chi connectivity index (χ1) is 11.7. The van der Waals surface area contributed by atoms with E-state index < -0.39 is 40.6 Å². The van der Waals surface area contributed by atoms with Gasteiger partial charge in [-0.1, -0.05) is 44.2 Å². The summed E-state index contributed by atoms with van der Waals surface area (Å²) in [5.41, 5.74) is 0.241. The summed E-state index contributed by atoms with van der Waals surface area (Å²) in [5.74, 6) is -4.92. The lowest BCUT2D eigenvalue weighted by Gasteiger charge is -2.37. The molecule has 2 rings (SSSR count). The van der Waals surface area contributed by atoms with Crippen LogP contribution in [0.5, 0.6) is 0 Å². The Balaban J connectivity index is 2.35. The highest BCUT2D eigenvalue weighted by molar-refractivity contribution is 6.28. The minimum Gasteiger partial charge on any atom is -0.468 e. The molecule has 0 bridgehead atoms. The van der Waals surface area contributed by atoms with Crippen molar-refractivity contribution in [2.24, 2.45) is 17.3 Å². The quantitative estimate of drug-likeness (QED) is 0.477. The lowest BCUT2D eigenvalue weighted by atomic mass is 9.62. The van der Waals surface area contributed by atoms with Crippen molar-refractivity contribution in [2.75, 3.05) is 7.11 Å². The molecule has 1 fully saturated rings. The van der Waals surface area contributed by atoms with Crippen LogP contribution in [0.15, 0.2) is 35.9 Å². The van der Waals surface area contributed by atoms with E-state index in [1.807, 2.05) is 30.3 Å². The second-order valence-electron chi connectivity index (χ2n) is 7.03. The second-order valence-corrected chi connectivity index (χ2v) is 7.03. The molecule has 0 spiro atoms. The Kier molecular flexibility index (Phi) is 5.36. The molecule has 25 heavy (non-hydrogen) atoms. The Morgan fingerprint density at radius 2 is 1.76 bits per heavy atom. The highest BCUT2D eigenvalue weighted by Crippen LogP contribution is 2.40. The standard InChI is InChI=1S/C20H22O5/c1-12(10-13-8-6-5-7-9-13)17(22)15-14(21)11-20(2,3)16(18(15)23)19(24)25-4/h5-10,15-16H,11H2,1-4H3/b12-10+. The number of ether oxygens (including phenoxy) is 1. The van der Waals surface area contributed by atoms with Crippen LogP contribution in [0.3, 0.4) is 0 Å². The molecule has 1 aliphatic rings. The van der Waals surface area contributed by atoms with Crippen molar-refractivity contribution in [1.82, 2.24) is 0 Å². The van der Waals surface area contributed by atoms with Crippen LogP contribution in [0.25, 0.3) is 6.08 Å². The third kappa shape index (κ3) is 3.76. The SMILES string of the molecule is COC(=O)C1C(=O)C(C(=O)/C(C)=C/c2ccccc2)C(=O)CC1(C)C. The number of esters is 1. The molecular formula is C20H22O5. The van der Waals surface area contributed by atoms with E-state index in [4.69, 9.17) is 4.74 Å². The number of Topliss-reactive ketones (excluding diaryl/α,β-unsaturated/α-hetero) is 3. The highest BCUT2D eigenvalue weighted by Gasteiger charge is 2.54. The van der Waals surface area contributed by atoms with Crippen molar-refractivity contribution in [1.29, 1.82) is 0 Å². The van der Waals surface area contributed by atoms with Gasteiger partial charge in [-0.3, -0.25) is 19.2 Å². The molecule has 0 aliphatic heterocycles. The predicted molar refractivity (Wildman–Crippen MR) is 92.5 cm³/mol. The van der Waals surface area contributed by atoms with Crippen molar-refractivity contribution in [3.8, 4) is 0 Å². The van der Waals surface area contributed by atoms with Gasteiger partial charge in [-0.15, -0.1) is 0 Å². The molecule has 0 heterocycles. The smallest absolute Gasteiger partial charge is 0.316 e. The molecule has 132 valence electrons. The molecule has 5 heteroatoms. The van der Waals surface area contributed by atoms with E-state index in [0.717, 1.165) is 5.56 Å². The number of allylic oxidation sites excluding steroid dienone is 1. The summed E-state index contributed by atoms with van der Waals surface area (Å²) in [6.45, 7) is 4.90. The van der Waals surface area contributed by atoms with E-state index >= 15 is 0 Å². The molecule has 1 aliphatic carbocycles. The van der Waals surface area contributed by atoms with Crippen LogP contribution in [-0.4, -0.2) is 30.4 Å². The molecule has 0 saturated heterocycles. The molecule has 2 unspecified atom stereocenters. The zero-order chi connectivity index (χ0) is 18.8. The predicted octanol–water partition coefficient (Wildman–Crippen LogP) is 2.63. The molecule has 1 saturated carbocycles. The number of hydrogen-bond donors (Lipinski definition) is 0. The van der Waals surface area contributed by atoms with Crippen molar-refractivity contribution in [3.05, 3.63) is 41.5 Å². The van der Waals surface area contributed by atoms with Crippen molar-refractivity contribution >= 4 is 29.4 Å². The highest BCUT2D eigenvalue weighted by atomic mass is 16.5. The first-order valence-corrected chi connectivity index (χ1v) is 8.11. The number of carbonyl (C=O) groups excluding carboxylic acids is 4. The number of methoxy groups -OCH3 is 1. The van der Waals surface area contributed by atoms with E-state index in [2.05, 4.69) is 0 Å². The summed E-state index contributed by atoms with van der Waals surface area (Å²) >= 11 is 0. The average Bonchev–Trinajstić information content (AvgIpc) is 2.54. The summed E-state index contributed by atoms with van der Waals surface area (Å²) in [7, 11) is 1.19. The van der Waals surface area contributed by atoms with Crippen LogP contribution < -0.4 is 0 Å². The van der Waals surface area contributed by atoms with Crippen LogP contribution in [0.2, 0.25) is 0 Å². The van der Waals surface area contributed by atoms with E-state index in [1.165, 1.54) is 7.11 Å². The second kappa shape index (κ2) is 7.13. The van der Waals surface area contributed by atoms with Gasteiger partial charge in [0.1, 0.15) is 11.8 Å². The number of hydrogen-bond acceptors (Lipinski definition) is 5. The van der Waals surface area contributed by atoms with Crippen LogP contribution >= 0.6 is 0 Å². The van der Waals surface area contributed by atoms with E-state index in [-0.39, 0.29) is 6.42 Å². The van der Waals surface area contributed by atoms with Crippen LogP contribution in [0, 0.1) is 17.3 Å². The Morgan fingerprint density at radius 1 is 1.16 bits per heavy atom. The lowest BCUT2D eigenvalue weighted by Crippen LogP contribution is -2.52. The molecular weight excluding hydrogens is 320 g/mol. The van der Waals surface area contributed by atoms with Crippen LogP contribution in [-0.2, 0) is 23.9 Å². The number of benzene rings is 1. The van der Waals surface area contributed by atoms with Gasteiger partial charge >= 0.3 is 5.97 Å². The third-order valence-electron chi connectivity index (χ3n) is 4.57. The van der Waals surface area contributed by atoms with Crippen molar-refractivity contribution in [3.63, 3.8) is 0 Å². The van der Waals surface area contributed by atoms with Crippen molar-refractivity contribution in [2.45, 2.75) is 27.2 Å². The zero-order valence-electron chi connectivity index (χ0n) is 14.9. The van der Waals surface area contributed by atoms with Gasteiger partial charge in [0.25, 0.3) is 0 Å². The van der Waals surface area contributed by atoms with Crippen LogP contribution in [0.1, 0.15) is 32.8 Å². The minimum atomic E-state index is -1.43. The van der Waals surface area contributed by atoms with Gasteiger partial charge in [-0.25, -0.2) is 0 Å². The normalized spacial score (nSPS) is 23.3. The minimum absolute atomic E-state index is 0.0203. The van der Waals surface area contributed by atoms with Gasteiger partial charge in [-0.2, -0.15) is 0 Å². The Bertz CT molecular complexity index is 743. The topological polar surface area (TPSA) is 77.5 Å². The summed E-state index contributed by atoms with van der Waals surface area (Å²) in [4.78, 5) is 50.0. The number of carbonyl (C=O) groups is 4. The van der Waals surface area contributed by atoms with Gasteiger partial charge in [-0.05, 0) is 29.6 Å². The number of ketones is 3. The maximum atomic E-state index is 12.8. The summed E-state index contributed by atoms with van der Waals surface area (Å²) < 4.78 is 4.72. The van der Waals surface area contributed by atoms with Crippen molar-refractivity contribution < 1.29 is 23.9 Å². The molecule has 0 N–H and O–H groups in total. The zero-order valence-corrected chi connectivity index (χ0v) is 14.9. The maximum absolute atomic E-state index is 12.8. The maximum Gasteiger partial charge on any atom is 0.316 e. The average molecular weight is 342 g/mol. The van der Waals surface area contributed by atoms with E-state index in [9.17, 15) is 19.2 Å². The third-order valence-corrected chi connectivity index (χ3v) is 4.57. The van der Waals surface area contributed by atoms with E-state index in [1.54, 1.807) is 26.8 Å². The Hall–Kier alpha value is -2.56. The van der Waals surface area contributed by atoms with Crippen LogP contribution in [0.4, 0.5) is 0 Å². The van der Waals surface area contributed by atoms with Gasteiger partial charge in [0.05, 0.1) is 7.11 Å². The molecule has 1 aromatic rings. The largest absolute Gasteiger partial charge is 0.468 e. The number of rotatable bonds is 4. The van der Waals surface area contributed by atoms with E-state index in [0.29, 0.717) is 5.57 Å². The fraction of sp³-hybridized carbons (Fsp3) is 0.400. The monoisotopic (exact) mass is 342 g/mol. The summed E-state index contributed by atoms with van der Waals surface area (Å²) in [5, 5.41) is 0. The first-order valence-electron chi connectivity index (χ1n) is 8.11. The van der Waals surface area contributed by atoms with Gasteiger partial charge in [0, 0.05) is 6.42 Å². The van der Waals surface area contributed by atoms with Gasteiger partial charge in [0.15, 0.2) is 17.3 Å². The summed E-state index contributed by atoms with van der Waals surface area (Å²) in [6, 6.07) is 9.15. The Labute approximate surface area is 147 Å².